The van der Waals surface area contributed by atoms with E-state index in [4.69, 9.17) is 10.8 Å². The summed E-state index contributed by atoms with van der Waals surface area (Å²) in [5.41, 5.74) is 5.53. The molecule has 0 heterocycles. The number of amides is 1. The Morgan fingerprint density at radius 2 is 1.87 bits per heavy atom. The minimum absolute atomic E-state index is 0.0345. The molecular formula is C10H20N2O3. The fraction of sp³-hybridized carbons (Fsp3) is 0.800. The second-order valence-electron chi connectivity index (χ2n) is 4.03. The first-order chi connectivity index (χ1) is 6.84. The van der Waals surface area contributed by atoms with Crippen molar-refractivity contribution in [2.24, 2.45) is 5.73 Å². The van der Waals surface area contributed by atoms with Gasteiger partial charge in [0.2, 0.25) is 5.91 Å². The number of nitrogens with zero attached hydrogens (tertiary/aromatic N) is 1. The summed E-state index contributed by atoms with van der Waals surface area (Å²) >= 11 is 0. The van der Waals surface area contributed by atoms with Gasteiger partial charge in [0.1, 0.15) is 6.54 Å². The highest BCUT2D eigenvalue weighted by Crippen LogP contribution is 2.04. The van der Waals surface area contributed by atoms with Crippen LogP contribution in [0.2, 0.25) is 0 Å². The van der Waals surface area contributed by atoms with Gasteiger partial charge in [-0.15, -0.1) is 0 Å². The number of hydrogen-bond donors (Lipinski definition) is 2. The SMILES string of the molecule is CC(N)CCC(=O)N(CC(=O)O)C(C)C. The van der Waals surface area contributed by atoms with Crippen molar-refractivity contribution in [1.82, 2.24) is 4.90 Å². The van der Waals surface area contributed by atoms with Crippen molar-refractivity contribution in [2.75, 3.05) is 6.54 Å². The van der Waals surface area contributed by atoms with Crippen LogP contribution in [0.1, 0.15) is 33.6 Å². The average molecular weight is 216 g/mol. The zero-order chi connectivity index (χ0) is 12.0. The summed E-state index contributed by atoms with van der Waals surface area (Å²) in [7, 11) is 0. The molecule has 0 bridgehead atoms. The molecule has 0 saturated carbocycles. The molecule has 5 heteroatoms. The highest BCUT2D eigenvalue weighted by molar-refractivity contribution is 5.81. The lowest BCUT2D eigenvalue weighted by Gasteiger charge is -2.25. The summed E-state index contributed by atoms with van der Waals surface area (Å²) in [6, 6.07) is -0.130. The Bertz CT molecular complexity index is 227. The Balaban J connectivity index is 4.23. The van der Waals surface area contributed by atoms with Crippen molar-refractivity contribution in [3.05, 3.63) is 0 Å². The lowest BCUT2D eigenvalue weighted by atomic mass is 10.1. The van der Waals surface area contributed by atoms with Gasteiger partial charge in [0, 0.05) is 18.5 Å². The monoisotopic (exact) mass is 216 g/mol. The zero-order valence-corrected chi connectivity index (χ0v) is 9.56. The number of carboxylic acids is 1. The van der Waals surface area contributed by atoms with Gasteiger partial charge in [-0.2, -0.15) is 0 Å². The molecule has 1 amide bonds. The normalized spacial score (nSPS) is 12.6. The number of aliphatic carboxylic acids is 1. The first-order valence-corrected chi connectivity index (χ1v) is 5.11. The van der Waals surface area contributed by atoms with Gasteiger partial charge in [0.15, 0.2) is 0 Å². The maximum absolute atomic E-state index is 11.6. The predicted octanol–water partition coefficient (Wildman–Crippen LogP) is 0.435. The molecule has 0 aliphatic heterocycles. The van der Waals surface area contributed by atoms with E-state index in [1.165, 1.54) is 4.90 Å². The Labute approximate surface area is 90.2 Å². The van der Waals surface area contributed by atoms with Gasteiger partial charge >= 0.3 is 5.97 Å². The first kappa shape index (κ1) is 13.9. The molecule has 0 aromatic heterocycles. The van der Waals surface area contributed by atoms with E-state index in [0.29, 0.717) is 12.8 Å². The van der Waals surface area contributed by atoms with Crippen molar-refractivity contribution in [3.63, 3.8) is 0 Å². The van der Waals surface area contributed by atoms with Gasteiger partial charge in [-0.1, -0.05) is 0 Å². The Morgan fingerprint density at radius 1 is 1.33 bits per heavy atom. The number of carbonyl (C=O) groups excluding carboxylic acids is 1. The second-order valence-corrected chi connectivity index (χ2v) is 4.03. The molecule has 0 saturated heterocycles. The van der Waals surface area contributed by atoms with Crippen LogP contribution in [0.5, 0.6) is 0 Å². The lowest BCUT2D eigenvalue weighted by Crippen LogP contribution is -2.41. The van der Waals surface area contributed by atoms with Gasteiger partial charge < -0.3 is 15.7 Å². The summed E-state index contributed by atoms with van der Waals surface area (Å²) < 4.78 is 0. The fourth-order valence-corrected chi connectivity index (χ4v) is 1.20. The van der Waals surface area contributed by atoms with Crippen molar-refractivity contribution >= 4 is 11.9 Å². The highest BCUT2D eigenvalue weighted by atomic mass is 16.4. The third-order valence-corrected chi connectivity index (χ3v) is 2.06. The molecule has 88 valence electrons. The van der Waals surface area contributed by atoms with Crippen LogP contribution in [0.15, 0.2) is 0 Å². The molecule has 1 atom stereocenters. The van der Waals surface area contributed by atoms with Crippen LogP contribution in [-0.2, 0) is 9.59 Å². The van der Waals surface area contributed by atoms with Crippen LogP contribution in [0.3, 0.4) is 0 Å². The van der Waals surface area contributed by atoms with Crippen molar-refractivity contribution < 1.29 is 14.7 Å². The minimum atomic E-state index is -0.988. The molecule has 0 fully saturated rings. The summed E-state index contributed by atoms with van der Waals surface area (Å²) in [6.07, 6.45) is 0.894. The smallest absolute Gasteiger partial charge is 0.323 e. The molecule has 1 unspecified atom stereocenters. The van der Waals surface area contributed by atoms with Gasteiger partial charge in [-0.05, 0) is 27.2 Å². The lowest BCUT2D eigenvalue weighted by molar-refractivity contribution is -0.145. The molecule has 0 aliphatic carbocycles. The van der Waals surface area contributed by atoms with Crippen LogP contribution >= 0.6 is 0 Å². The third-order valence-electron chi connectivity index (χ3n) is 2.06. The third kappa shape index (κ3) is 6.06. The van der Waals surface area contributed by atoms with E-state index in [2.05, 4.69) is 0 Å². The summed E-state index contributed by atoms with van der Waals surface area (Å²) in [6.45, 7) is 5.18. The Morgan fingerprint density at radius 3 is 2.20 bits per heavy atom. The minimum Gasteiger partial charge on any atom is -0.480 e. The molecule has 0 aromatic carbocycles. The second kappa shape index (κ2) is 6.40. The fourth-order valence-electron chi connectivity index (χ4n) is 1.20. The molecule has 0 radical (unpaired) electrons. The largest absolute Gasteiger partial charge is 0.480 e. The van der Waals surface area contributed by atoms with Crippen LogP contribution in [-0.4, -0.2) is 40.5 Å². The van der Waals surface area contributed by atoms with Crippen molar-refractivity contribution in [1.29, 1.82) is 0 Å². The standard InChI is InChI=1S/C10H20N2O3/c1-7(2)12(6-10(14)15)9(13)5-4-8(3)11/h7-8H,4-6,11H2,1-3H3,(H,14,15). The predicted molar refractivity (Wildman–Crippen MR) is 57.4 cm³/mol. The number of carboxylic acid groups (broad SMARTS) is 1. The summed E-state index contributed by atoms with van der Waals surface area (Å²) in [5.74, 6) is -1.14. The summed E-state index contributed by atoms with van der Waals surface area (Å²) in [5, 5.41) is 8.64. The maximum Gasteiger partial charge on any atom is 0.323 e. The maximum atomic E-state index is 11.6. The van der Waals surface area contributed by atoms with Crippen LogP contribution in [0.4, 0.5) is 0 Å². The van der Waals surface area contributed by atoms with Gasteiger partial charge in [0.05, 0.1) is 0 Å². The summed E-state index contributed by atoms with van der Waals surface area (Å²) in [4.78, 5) is 23.5. The highest BCUT2D eigenvalue weighted by Gasteiger charge is 2.19. The molecular weight excluding hydrogens is 196 g/mol. The van der Waals surface area contributed by atoms with E-state index in [9.17, 15) is 9.59 Å². The molecule has 0 aromatic rings. The van der Waals surface area contributed by atoms with Crippen molar-refractivity contribution in [3.8, 4) is 0 Å². The van der Waals surface area contributed by atoms with Crippen molar-refractivity contribution in [2.45, 2.75) is 45.7 Å². The number of hydrogen-bond acceptors (Lipinski definition) is 3. The topological polar surface area (TPSA) is 83.6 Å². The van der Waals surface area contributed by atoms with Crippen LogP contribution in [0, 0.1) is 0 Å². The molecule has 3 N–H and O–H groups in total. The zero-order valence-electron chi connectivity index (χ0n) is 9.56. The van der Waals surface area contributed by atoms with Crippen LogP contribution in [0.25, 0.3) is 0 Å². The number of rotatable bonds is 6. The molecule has 0 aliphatic rings. The van der Waals surface area contributed by atoms with Gasteiger partial charge in [-0.25, -0.2) is 0 Å². The Hall–Kier alpha value is -1.10. The molecule has 0 rings (SSSR count). The van der Waals surface area contributed by atoms with Gasteiger partial charge in [-0.3, -0.25) is 9.59 Å². The van der Waals surface area contributed by atoms with E-state index in [0.717, 1.165) is 0 Å². The first-order valence-electron chi connectivity index (χ1n) is 5.11. The Kier molecular flexibility index (Phi) is 5.93. The molecule has 0 spiro atoms. The molecule has 5 nitrogen and oxygen atoms in total. The van der Waals surface area contributed by atoms with E-state index in [-0.39, 0.29) is 24.5 Å². The number of nitrogens with two attached hydrogens (primary N) is 1. The van der Waals surface area contributed by atoms with E-state index in [1.54, 1.807) is 13.8 Å². The van der Waals surface area contributed by atoms with E-state index >= 15 is 0 Å². The van der Waals surface area contributed by atoms with E-state index in [1.807, 2.05) is 6.92 Å². The van der Waals surface area contributed by atoms with E-state index < -0.39 is 5.97 Å². The quantitative estimate of drug-likeness (QED) is 0.674. The molecule has 15 heavy (non-hydrogen) atoms. The average Bonchev–Trinajstić information content (AvgIpc) is 2.09. The number of carbonyl (C=O) groups is 2. The van der Waals surface area contributed by atoms with Gasteiger partial charge in [0.25, 0.3) is 0 Å². The van der Waals surface area contributed by atoms with Crippen LogP contribution < -0.4 is 5.73 Å².